The van der Waals surface area contributed by atoms with Crippen LogP contribution in [0.1, 0.15) is 37.3 Å². The molecule has 19 heavy (non-hydrogen) atoms. The van der Waals surface area contributed by atoms with Gasteiger partial charge >= 0.3 is 5.97 Å². The van der Waals surface area contributed by atoms with Gasteiger partial charge in [0.25, 0.3) is 0 Å². The summed E-state index contributed by atoms with van der Waals surface area (Å²) in [7, 11) is 1.46. The fourth-order valence-corrected chi connectivity index (χ4v) is 2.97. The molecule has 1 aliphatic carbocycles. The summed E-state index contributed by atoms with van der Waals surface area (Å²) in [6.07, 6.45) is 3.68. The Balaban J connectivity index is 1.77. The first-order chi connectivity index (χ1) is 9.29. The van der Waals surface area contributed by atoms with Crippen LogP contribution in [-0.4, -0.2) is 18.2 Å². The van der Waals surface area contributed by atoms with Crippen molar-refractivity contribution in [1.82, 2.24) is 5.16 Å². The van der Waals surface area contributed by atoms with Crippen molar-refractivity contribution in [3.05, 3.63) is 30.0 Å². The van der Waals surface area contributed by atoms with Gasteiger partial charge in [-0.15, -0.1) is 0 Å². The minimum absolute atomic E-state index is 0.0550. The first-order valence-corrected chi connectivity index (χ1v) is 6.71. The van der Waals surface area contributed by atoms with E-state index in [1.807, 2.05) is 24.3 Å². The zero-order valence-electron chi connectivity index (χ0n) is 11.0. The van der Waals surface area contributed by atoms with E-state index in [1.165, 1.54) is 7.11 Å². The van der Waals surface area contributed by atoms with Crippen molar-refractivity contribution in [2.24, 2.45) is 5.92 Å². The largest absolute Gasteiger partial charge is 0.469 e. The van der Waals surface area contributed by atoms with Crippen molar-refractivity contribution in [2.75, 3.05) is 7.11 Å². The zero-order valence-corrected chi connectivity index (χ0v) is 11.0. The van der Waals surface area contributed by atoms with E-state index in [2.05, 4.69) is 5.16 Å². The van der Waals surface area contributed by atoms with Gasteiger partial charge in [-0.1, -0.05) is 17.3 Å². The molecule has 1 heterocycles. The number of aromatic nitrogens is 1. The molecule has 1 aromatic carbocycles. The highest BCUT2D eigenvalue weighted by Crippen LogP contribution is 2.38. The lowest BCUT2D eigenvalue weighted by Gasteiger charge is -2.25. The molecule has 100 valence electrons. The summed E-state index contributed by atoms with van der Waals surface area (Å²) in [6.45, 7) is 0. The molecule has 0 atom stereocenters. The number of carbonyl (C=O) groups excluding carboxylic acids is 1. The number of fused-ring (bicyclic) bond motifs is 1. The predicted molar refractivity (Wildman–Crippen MR) is 70.7 cm³/mol. The Labute approximate surface area is 111 Å². The Hall–Kier alpha value is -1.84. The second kappa shape index (κ2) is 5.03. The topological polar surface area (TPSA) is 52.3 Å². The molecule has 0 radical (unpaired) electrons. The first kappa shape index (κ1) is 12.2. The molecule has 2 aromatic rings. The maximum absolute atomic E-state index is 11.5. The molecule has 4 heteroatoms. The van der Waals surface area contributed by atoms with Gasteiger partial charge in [0.15, 0.2) is 5.58 Å². The van der Waals surface area contributed by atoms with E-state index in [1.54, 1.807) is 0 Å². The molecule has 1 fully saturated rings. The summed E-state index contributed by atoms with van der Waals surface area (Å²) in [4.78, 5) is 11.5. The lowest BCUT2D eigenvalue weighted by atomic mass is 9.80. The molecule has 1 aromatic heterocycles. The molecule has 0 amide bonds. The Bertz CT molecular complexity index is 582. The standard InChI is InChI=1S/C15H17NO3/c1-18-15(17)11-8-6-10(7-9-11)14-12-4-2-3-5-13(12)19-16-14/h2-5,10-11H,6-9H2,1H3. The summed E-state index contributed by atoms with van der Waals surface area (Å²) in [5.41, 5.74) is 1.88. The summed E-state index contributed by atoms with van der Waals surface area (Å²) < 4.78 is 10.2. The monoisotopic (exact) mass is 259 g/mol. The van der Waals surface area contributed by atoms with Crippen LogP contribution < -0.4 is 0 Å². The highest BCUT2D eigenvalue weighted by molar-refractivity contribution is 5.79. The summed E-state index contributed by atoms with van der Waals surface area (Å²) in [6, 6.07) is 7.94. The van der Waals surface area contributed by atoms with Crippen LogP contribution in [0.3, 0.4) is 0 Å². The maximum atomic E-state index is 11.5. The SMILES string of the molecule is COC(=O)C1CCC(c2noc3ccccc23)CC1. The van der Waals surface area contributed by atoms with Gasteiger partial charge in [-0.2, -0.15) is 0 Å². The molecule has 0 unspecified atom stereocenters. The van der Waals surface area contributed by atoms with Crippen LogP contribution in [0.4, 0.5) is 0 Å². The van der Waals surface area contributed by atoms with Crippen LogP contribution in [0.15, 0.2) is 28.8 Å². The number of rotatable bonds is 2. The van der Waals surface area contributed by atoms with E-state index in [0.717, 1.165) is 42.3 Å². The molecule has 1 saturated carbocycles. The molecule has 1 aliphatic rings. The number of methoxy groups -OCH3 is 1. The first-order valence-electron chi connectivity index (χ1n) is 6.71. The van der Waals surface area contributed by atoms with Crippen molar-refractivity contribution in [2.45, 2.75) is 31.6 Å². The quantitative estimate of drug-likeness (QED) is 0.777. The highest BCUT2D eigenvalue weighted by Gasteiger charge is 2.29. The van der Waals surface area contributed by atoms with Gasteiger partial charge in [-0.25, -0.2) is 0 Å². The lowest BCUT2D eigenvalue weighted by Crippen LogP contribution is -2.22. The van der Waals surface area contributed by atoms with Crippen LogP contribution in [0.25, 0.3) is 11.0 Å². The number of benzene rings is 1. The zero-order chi connectivity index (χ0) is 13.2. The average Bonchev–Trinajstić information content (AvgIpc) is 2.90. The van der Waals surface area contributed by atoms with Crippen LogP contribution >= 0.6 is 0 Å². The van der Waals surface area contributed by atoms with Crippen molar-refractivity contribution < 1.29 is 14.1 Å². The molecule has 0 spiro atoms. The molecule has 3 rings (SSSR count). The van der Waals surface area contributed by atoms with E-state index in [0.29, 0.717) is 5.92 Å². The van der Waals surface area contributed by atoms with E-state index < -0.39 is 0 Å². The van der Waals surface area contributed by atoms with Gasteiger partial charge in [-0.05, 0) is 37.8 Å². The van der Waals surface area contributed by atoms with Gasteiger partial charge in [-0.3, -0.25) is 4.79 Å². The fraction of sp³-hybridized carbons (Fsp3) is 0.467. The van der Waals surface area contributed by atoms with Gasteiger partial charge in [0.1, 0.15) is 0 Å². The summed E-state index contributed by atoms with van der Waals surface area (Å²) in [5.74, 6) is 0.368. The molecule has 0 bridgehead atoms. The van der Waals surface area contributed by atoms with Gasteiger partial charge in [0.2, 0.25) is 0 Å². The molecule has 4 nitrogen and oxygen atoms in total. The van der Waals surface area contributed by atoms with E-state index >= 15 is 0 Å². The number of hydrogen-bond acceptors (Lipinski definition) is 4. The van der Waals surface area contributed by atoms with Gasteiger partial charge in [0.05, 0.1) is 18.7 Å². The minimum atomic E-state index is -0.0801. The second-order valence-corrected chi connectivity index (χ2v) is 5.14. The van der Waals surface area contributed by atoms with Crippen molar-refractivity contribution in [3.63, 3.8) is 0 Å². The molecule has 0 aliphatic heterocycles. The third kappa shape index (κ3) is 2.23. The number of para-hydroxylation sites is 1. The summed E-state index contributed by atoms with van der Waals surface area (Å²) in [5, 5.41) is 5.32. The summed E-state index contributed by atoms with van der Waals surface area (Å²) >= 11 is 0. The number of esters is 1. The number of hydrogen-bond donors (Lipinski definition) is 0. The number of nitrogens with zero attached hydrogens (tertiary/aromatic N) is 1. The maximum Gasteiger partial charge on any atom is 0.308 e. The smallest absolute Gasteiger partial charge is 0.308 e. The van der Waals surface area contributed by atoms with E-state index in [4.69, 9.17) is 9.26 Å². The Morgan fingerprint density at radius 3 is 2.74 bits per heavy atom. The van der Waals surface area contributed by atoms with E-state index in [-0.39, 0.29) is 11.9 Å². The predicted octanol–water partition coefficient (Wildman–Crippen LogP) is 3.27. The van der Waals surface area contributed by atoms with E-state index in [9.17, 15) is 4.79 Å². The van der Waals surface area contributed by atoms with Crippen molar-refractivity contribution in [3.8, 4) is 0 Å². The minimum Gasteiger partial charge on any atom is -0.469 e. The van der Waals surface area contributed by atoms with Gasteiger partial charge in [0, 0.05) is 11.3 Å². The molecular weight excluding hydrogens is 242 g/mol. The highest BCUT2D eigenvalue weighted by atomic mass is 16.5. The number of ether oxygens (including phenoxy) is 1. The van der Waals surface area contributed by atoms with Crippen molar-refractivity contribution in [1.29, 1.82) is 0 Å². The van der Waals surface area contributed by atoms with Crippen molar-refractivity contribution >= 4 is 16.9 Å². The molecule has 0 saturated heterocycles. The Kier molecular flexibility index (Phi) is 3.23. The molecular formula is C15H17NO3. The van der Waals surface area contributed by atoms with Gasteiger partial charge < -0.3 is 9.26 Å². The second-order valence-electron chi connectivity index (χ2n) is 5.14. The van der Waals surface area contributed by atoms with Crippen LogP contribution in [0, 0.1) is 5.92 Å². The third-order valence-electron chi connectivity index (χ3n) is 4.05. The lowest BCUT2D eigenvalue weighted by molar-refractivity contribution is -0.146. The average molecular weight is 259 g/mol. The number of carbonyl (C=O) groups is 1. The Morgan fingerprint density at radius 1 is 1.26 bits per heavy atom. The normalized spacial score (nSPS) is 23.4. The Morgan fingerprint density at radius 2 is 2.00 bits per heavy atom. The fourth-order valence-electron chi connectivity index (χ4n) is 2.97. The van der Waals surface area contributed by atoms with Crippen LogP contribution in [0.2, 0.25) is 0 Å². The van der Waals surface area contributed by atoms with Crippen LogP contribution in [0.5, 0.6) is 0 Å². The molecule has 0 N–H and O–H groups in total. The third-order valence-corrected chi connectivity index (χ3v) is 4.05. The van der Waals surface area contributed by atoms with Crippen LogP contribution in [-0.2, 0) is 9.53 Å².